The van der Waals surface area contributed by atoms with Gasteiger partial charge in [0.1, 0.15) is 13.2 Å². The number of ether oxygens (including phenoxy) is 2. The molecule has 0 aliphatic rings. The van der Waals surface area contributed by atoms with Gasteiger partial charge in [-0.05, 0) is 18.2 Å². The number of hydrogen-bond acceptors (Lipinski definition) is 6. The summed E-state index contributed by atoms with van der Waals surface area (Å²) in [5.41, 5.74) is -0.00307. The van der Waals surface area contributed by atoms with Crippen LogP contribution in [0.4, 0.5) is 0 Å². The minimum atomic E-state index is -1.29. The lowest BCUT2D eigenvalue weighted by molar-refractivity contribution is -0.139. The second kappa shape index (κ2) is 8.20. The Labute approximate surface area is 124 Å². The summed E-state index contributed by atoms with van der Waals surface area (Å²) in [6.45, 7) is -0.504. The second-order valence-corrected chi connectivity index (χ2v) is 3.86. The van der Waals surface area contributed by atoms with Crippen molar-refractivity contribution in [1.29, 1.82) is 0 Å². The highest BCUT2D eigenvalue weighted by Crippen LogP contribution is 2.07. The first-order valence-corrected chi connectivity index (χ1v) is 5.98. The molecule has 1 rings (SSSR count). The predicted octanol–water partition coefficient (Wildman–Crippen LogP) is 0.726. The van der Waals surface area contributed by atoms with E-state index < -0.39 is 23.9 Å². The van der Waals surface area contributed by atoms with E-state index in [4.69, 9.17) is 14.9 Å². The summed E-state index contributed by atoms with van der Waals surface area (Å²) in [5.74, 6) is -4.11. The van der Waals surface area contributed by atoms with Crippen LogP contribution in [-0.2, 0) is 19.1 Å². The predicted molar refractivity (Wildman–Crippen MR) is 71.4 cm³/mol. The van der Waals surface area contributed by atoms with E-state index in [1.807, 2.05) is 0 Å². The molecule has 0 saturated heterocycles. The Bertz CT molecular complexity index is 617. The van der Waals surface area contributed by atoms with E-state index in [9.17, 15) is 19.2 Å². The van der Waals surface area contributed by atoms with Crippen LogP contribution in [0.1, 0.15) is 20.7 Å². The number of carbonyl (C=O) groups excluding carboxylic acids is 2. The zero-order chi connectivity index (χ0) is 16.5. The van der Waals surface area contributed by atoms with Gasteiger partial charge in [0.25, 0.3) is 0 Å². The Balaban J connectivity index is 2.41. The standard InChI is InChI=1S/C14H12O8/c15-11(16)4-5-12(17)21-6-7-22-14(20)10-3-1-2-9(8-10)13(18)19/h1-5,8H,6-7H2,(H,15,16)(H,18,19)/b5-4-. The first-order valence-electron chi connectivity index (χ1n) is 5.98. The fourth-order valence-corrected chi connectivity index (χ4v) is 1.33. The van der Waals surface area contributed by atoms with Crippen molar-refractivity contribution in [3.05, 3.63) is 47.5 Å². The van der Waals surface area contributed by atoms with Gasteiger partial charge in [0, 0.05) is 12.2 Å². The quantitative estimate of drug-likeness (QED) is 0.428. The molecule has 116 valence electrons. The van der Waals surface area contributed by atoms with Crippen molar-refractivity contribution < 1.29 is 38.9 Å². The van der Waals surface area contributed by atoms with E-state index in [-0.39, 0.29) is 24.3 Å². The number of aromatic carboxylic acids is 1. The van der Waals surface area contributed by atoms with Gasteiger partial charge in [0.2, 0.25) is 0 Å². The summed E-state index contributed by atoms with van der Waals surface area (Å²) in [7, 11) is 0. The maximum atomic E-state index is 11.6. The molecule has 2 N–H and O–H groups in total. The van der Waals surface area contributed by atoms with E-state index in [0.717, 1.165) is 12.1 Å². The lowest BCUT2D eigenvalue weighted by Gasteiger charge is -2.05. The molecular weight excluding hydrogens is 296 g/mol. The monoisotopic (exact) mass is 308 g/mol. The van der Waals surface area contributed by atoms with E-state index in [1.54, 1.807) is 0 Å². The Morgan fingerprint density at radius 1 is 0.955 bits per heavy atom. The van der Waals surface area contributed by atoms with E-state index in [2.05, 4.69) is 4.74 Å². The van der Waals surface area contributed by atoms with Gasteiger partial charge in [-0.25, -0.2) is 19.2 Å². The summed E-state index contributed by atoms with van der Waals surface area (Å²) in [6.07, 6.45) is 1.34. The molecule has 0 amide bonds. The summed E-state index contributed by atoms with van der Waals surface area (Å²) >= 11 is 0. The SMILES string of the molecule is O=C(O)/C=C\C(=O)OCCOC(=O)c1cccc(C(=O)O)c1. The van der Waals surface area contributed by atoms with Gasteiger partial charge in [-0.3, -0.25) is 0 Å². The van der Waals surface area contributed by atoms with Crippen LogP contribution in [0.15, 0.2) is 36.4 Å². The molecule has 0 saturated carbocycles. The van der Waals surface area contributed by atoms with Crippen molar-refractivity contribution >= 4 is 23.9 Å². The third-order valence-corrected chi connectivity index (χ3v) is 2.27. The normalized spacial score (nSPS) is 10.2. The zero-order valence-corrected chi connectivity index (χ0v) is 11.2. The lowest BCUT2D eigenvalue weighted by atomic mass is 10.1. The van der Waals surface area contributed by atoms with Crippen LogP contribution in [-0.4, -0.2) is 47.3 Å². The minimum absolute atomic E-state index is 0.0528. The smallest absolute Gasteiger partial charge is 0.338 e. The largest absolute Gasteiger partial charge is 0.478 e. The second-order valence-electron chi connectivity index (χ2n) is 3.86. The molecule has 0 bridgehead atoms. The highest BCUT2D eigenvalue weighted by molar-refractivity contribution is 5.94. The van der Waals surface area contributed by atoms with Gasteiger partial charge in [-0.1, -0.05) is 6.07 Å². The van der Waals surface area contributed by atoms with Crippen LogP contribution >= 0.6 is 0 Å². The Hall–Kier alpha value is -3.16. The van der Waals surface area contributed by atoms with Crippen LogP contribution in [0.5, 0.6) is 0 Å². The zero-order valence-electron chi connectivity index (χ0n) is 11.2. The maximum Gasteiger partial charge on any atom is 0.338 e. The number of benzene rings is 1. The van der Waals surface area contributed by atoms with Gasteiger partial charge < -0.3 is 19.7 Å². The molecule has 0 unspecified atom stereocenters. The first-order chi connectivity index (χ1) is 10.4. The number of carboxylic acids is 2. The summed E-state index contributed by atoms with van der Waals surface area (Å²) in [5, 5.41) is 17.1. The van der Waals surface area contributed by atoms with Crippen molar-refractivity contribution in [3.8, 4) is 0 Å². The Morgan fingerprint density at radius 2 is 1.59 bits per heavy atom. The first kappa shape index (κ1) is 16.9. The number of rotatable bonds is 7. The molecule has 0 aliphatic heterocycles. The third kappa shape index (κ3) is 5.87. The number of carboxylic acid groups (broad SMARTS) is 2. The van der Waals surface area contributed by atoms with Gasteiger partial charge >= 0.3 is 23.9 Å². The molecule has 0 aromatic heterocycles. The van der Waals surface area contributed by atoms with Gasteiger partial charge in [0.15, 0.2) is 0 Å². The number of aliphatic carboxylic acids is 1. The molecule has 8 nitrogen and oxygen atoms in total. The molecule has 1 aromatic rings. The average Bonchev–Trinajstić information content (AvgIpc) is 2.49. The molecule has 0 heterocycles. The molecule has 0 fully saturated rings. The minimum Gasteiger partial charge on any atom is -0.478 e. The number of esters is 2. The van der Waals surface area contributed by atoms with Crippen molar-refractivity contribution in [1.82, 2.24) is 0 Å². The van der Waals surface area contributed by atoms with Crippen LogP contribution < -0.4 is 0 Å². The van der Waals surface area contributed by atoms with Crippen LogP contribution in [0, 0.1) is 0 Å². The van der Waals surface area contributed by atoms with Crippen LogP contribution in [0.3, 0.4) is 0 Å². The molecule has 0 spiro atoms. The number of carbonyl (C=O) groups is 4. The molecule has 22 heavy (non-hydrogen) atoms. The Morgan fingerprint density at radius 3 is 2.23 bits per heavy atom. The highest BCUT2D eigenvalue weighted by atomic mass is 16.6. The topological polar surface area (TPSA) is 127 Å². The summed E-state index contributed by atoms with van der Waals surface area (Å²) in [6, 6.07) is 5.27. The summed E-state index contributed by atoms with van der Waals surface area (Å²) in [4.78, 5) is 43.5. The molecule has 8 heteroatoms. The molecular formula is C14H12O8. The number of hydrogen-bond donors (Lipinski definition) is 2. The van der Waals surface area contributed by atoms with Gasteiger partial charge in [-0.15, -0.1) is 0 Å². The molecule has 0 aliphatic carbocycles. The molecule has 0 radical (unpaired) electrons. The Kier molecular flexibility index (Phi) is 6.30. The van der Waals surface area contributed by atoms with Crippen molar-refractivity contribution in [2.24, 2.45) is 0 Å². The van der Waals surface area contributed by atoms with E-state index >= 15 is 0 Å². The molecule has 0 atom stereocenters. The average molecular weight is 308 g/mol. The fourth-order valence-electron chi connectivity index (χ4n) is 1.33. The van der Waals surface area contributed by atoms with Crippen molar-refractivity contribution in [2.45, 2.75) is 0 Å². The maximum absolute atomic E-state index is 11.6. The van der Waals surface area contributed by atoms with E-state index in [0.29, 0.717) is 6.08 Å². The molecule has 1 aromatic carbocycles. The van der Waals surface area contributed by atoms with Crippen molar-refractivity contribution in [3.63, 3.8) is 0 Å². The lowest BCUT2D eigenvalue weighted by Crippen LogP contribution is -2.13. The van der Waals surface area contributed by atoms with Gasteiger partial charge in [-0.2, -0.15) is 0 Å². The van der Waals surface area contributed by atoms with Crippen LogP contribution in [0.25, 0.3) is 0 Å². The van der Waals surface area contributed by atoms with Crippen LogP contribution in [0.2, 0.25) is 0 Å². The third-order valence-electron chi connectivity index (χ3n) is 2.27. The van der Waals surface area contributed by atoms with E-state index in [1.165, 1.54) is 18.2 Å². The van der Waals surface area contributed by atoms with Gasteiger partial charge in [0.05, 0.1) is 11.1 Å². The van der Waals surface area contributed by atoms with Crippen molar-refractivity contribution in [2.75, 3.05) is 13.2 Å². The summed E-state index contributed by atoms with van der Waals surface area (Å²) < 4.78 is 9.37. The highest BCUT2D eigenvalue weighted by Gasteiger charge is 2.10. The fraction of sp³-hybridized carbons (Fsp3) is 0.143.